The molecule has 0 saturated carbocycles. The Hall–Kier alpha value is -2.20. The number of hydrogen-bond acceptors (Lipinski definition) is 1. The van der Waals surface area contributed by atoms with Crippen molar-refractivity contribution >= 4 is 0 Å². The van der Waals surface area contributed by atoms with E-state index in [-0.39, 0.29) is 0 Å². The van der Waals surface area contributed by atoms with E-state index in [1.807, 2.05) is 36.4 Å². The Bertz CT molecular complexity index is 549. The third kappa shape index (κ3) is 2.49. The summed E-state index contributed by atoms with van der Waals surface area (Å²) in [6, 6.07) is 16.0. The maximum atomic E-state index is 5.49. The second-order valence-electron chi connectivity index (χ2n) is 3.79. The Balaban J connectivity index is 2.35. The minimum absolute atomic E-state index is 0.796. The third-order valence-corrected chi connectivity index (χ3v) is 2.75. The molecule has 1 nitrogen and oxygen atoms in total. The lowest BCUT2D eigenvalue weighted by Gasteiger charge is -2.09. The highest BCUT2D eigenvalue weighted by Gasteiger charge is 2.05. The highest BCUT2D eigenvalue weighted by molar-refractivity contribution is 5.45. The zero-order chi connectivity index (χ0) is 12.1. The van der Waals surface area contributed by atoms with Crippen LogP contribution < -0.4 is 4.74 Å². The van der Waals surface area contributed by atoms with E-state index in [9.17, 15) is 0 Å². The van der Waals surface area contributed by atoms with Crippen molar-refractivity contribution in [2.75, 3.05) is 7.11 Å². The van der Waals surface area contributed by atoms with Gasteiger partial charge in [0, 0.05) is 12.0 Å². The van der Waals surface area contributed by atoms with Gasteiger partial charge in [0.2, 0.25) is 0 Å². The standard InChI is InChI=1S/C16H14O/c1-3-13-8-4-5-9-14(13)12-15-10-6-7-11-16(15)17-2/h1,4-11H,12H2,2H3. The van der Waals surface area contributed by atoms with Crippen molar-refractivity contribution in [2.24, 2.45) is 0 Å². The van der Waals surface area contributed by atoms with Crippen molar-refractivity contribution in [3.8, 4) is 18.1 Å². The summed E-state index contributed by atoms with van der Waals surface area (Å²) in [5.41, 5.74) is 3.25. The summed E-state index contributed by atoms with van der Waals surface area (Å²) in [6.07, 6.45) is 6.29. The summed E-state index contributed by atoms with van der Waals surface area (Å²) >= 11 is 0. The number of rotatable bonds is 3. The van der Waals surface area contributed by atoms with Crippen LogP contribution in [0, 0.1) is 12.3 Å². The molecule has 0 N–H and O–H groups in total. The average Bonchev–Trinajstić information content (AvgIpc) is 2.40. The normalized spacial score (nSPS) is 9.65. The summed E-state index contributed by atoms with van der Waals surface area (Å²) in [4.78, 5) is 0. The van der Waals surface area contributed by atoms with E-state index in [0.29, 0.717) is 0 Å². The van der Waals surface area contributed by atoms with Crippen molar-refractivity contribution < 1.29 is 4.74 Å². The number of benzene rings is 2. The van der Waals surface area contributed by atoms with E-state index in [4.69, 9.17) is 11.2 Å². The molecule has 0 aliphatic carbocycles. The number of terminal acetylenes is 1. The molecule has 0 spiro atoms. The maximum absolute atomic E-state index is 5.49. The first-order valence-corrected chi connectivity index (χ1v) is 5.51. The first-order chi connectivity index (χ1) is 8.35. The minimum Gasteiger partial charge on any atom is -0.496 e. The quantitative estimate of drug-likeness (QED) is 0.724. The van der Waals surface area contributed by atoms with E-state index >= 15 is 0 Å². The van der Waals surface area contributed by atoms with Gasteiger partial charge in [0.05, 0.1) is 7.11 Å². The molecule has 2 rings (SSSR count). The molecular formula is C16H14O. The van der Waals surface area contributed by atoms with E-state index in [0.717, 1.165) is 28.9 Å². The van der Waals surface area contributed by atoms with Crippen molar-refractivity contribution in [2.45, 2.75) is 6.42 Å². The molecule has 0 amide bonds. The fourth-order valence-electron chi connectivity index (χ4n) is 1.87. The molecular weight excluding hydrogens is 208 g/mol. The van der Waals surface area contributed by atoms with Crippen molar-refractivity contribution in [1.82, 2.24) is 0 Å². The molecule has 0 aromatic heterocycles. The molecule has 2 aromatic rings. The van der Waals surface area contributed by atoms with Gasteiger partial charge in [-0.1, -0.05) is 42.3 Å². The molecule has 0 saturated heterocycles. The molecule has 1 heteroatoms. The zero-order valence-electron chi connectivity index (χ0n) is 9.81. The monoisotopic (exact) mass is 222 g/mol. The molecule has 0 radical (unpaired) electrons. The van der Waals surface area contributed by atoms with Gasteiger partial charge in [0.25, 0.3) is 0 Å². The summed E-state index contributed by atoms with van der Waals surface area (Å²) in [6.45, 7) is 0. The van der Waals surface area contributed by atoms with E-state index in [1.54, 1.807) is 7.11 Å². The van der Waals surface area contributed by atoms with Crippen LogP contribution in [-0.4, -0.2) is 7.11 Å². The van der Waals surface area contributed by atoms with Gasteiger partial charge in [-0.2, -0.15) is 0 Å². The van der Waals surface area contributed by atoms with Crippen LogP contribution in [0.15, 0.2) is 48.5 Å². The fraction of sp³-hybridized carbons (Fsp3) is 0.125. The van der Waals surface area contributed by atoms with Crippen molar-refractivity contribution in [3.63, 3.8) is 0 Å². The molecule has 0 atom stereocenters. The Kier molecular flexibility index (Phi) is 3.47. The number of ether oxygens (including phenoxy) is 1. The van der Waals surface area contributed by atoms with Crippen LogP contribution in [0.1, 0.15) is 16.7 Å². The molecule has 0 aliphatic rings. The summed E-state index contributed by atoms with van der Waals surface area (Å²) in [5.74, 6) is 3.61. The average molecular weight is 222 g/mol. The predicted molar refractivity (Wildman–Crippen MR) is 70.2 cm³/mol. The smallest absolute Gasteiger partial charge is 0.122 e. The number of para-hydroxylation sites is 1. The Morgan fingerprint density at radius 2 is 1.65 bits per heavy atom. The highest BCUT2D eigenvalue weighted by Crippen LogP contribution is 2.22. The molecule has 0 heterocycles. The second kappa shape index (κ2) is 5.23. The molecule has 0 unspecified atom stereocenters. The van der Waals surface area contributed by atoms with Gasteiger partial charge in [-0.15, -0.1) is 6.42 Å². The van der Waals surface area contributed by atoms with Crippen LogP contribution in [-0.2, 0) is 6.42 Å². The van der Waals surface area contributed by atoms with Gasteiger partial charge in [0.15, 0.2) is 0 Å². The van der Waals surface area contributed by atoms with Gasteiger partial charge in [-0.25, -0.2) is 0 Å². The van der Waals surface area contributed by atoms with Crippen LogP contribution in [0.5, 0.6) is 5.75 Å². The van der Waals surface area contributed by atoms with Crippen LogP contribution in [0.25, 0.3) is 0 Å². The molecule has 17 heavy (non-hydrogen) atoms. The zero-order valence-corrected chi connectivity index (χ0v) is 9.81. The summed E-state index contributed by atoms with van der Waals surface area (Å²) in [7, 11) is 1.69. The molecule has 0 aliphatic heterocycles. The van der Waals surface area contributed by atoms with Gasteiger partial charge < -0.3 is 4.74 Å². The largest absolute Gasteiger partial charge is 0.496 e. The lowest BCUT2D eigenvalue weighted by Crippen LogP contribution is -1.95. The molecule has 2 aromatic carbocycles. The van der Waals surface area contributed by atoms with Crippen molar-refractivity contribution in [3.05, 3.63) is 65.2 Å². The third-order valence-electron chi connectivity index (χ3n) is 2.75. The summed E-state index contributed by atoms with van der Waals surface area (Å²) < 4.78 is 5.34. The molecule has 0 bridgehead atoms. The van der Waals surface area contributed by atoms with Crippen LogP contribution in [0.3, 0.4) is 0 Å². The van der Waals surface area contributed by atoms with E-state index < -0.39 is 0 Å². The topological polar surface area (TPSA) is 9.23 Å². The minimum atomic E-state index is 0.796. The van der Waals surface area contributed by atoms with Gasteiger partial charge in [-0.3, -0.25) is 0 Å². The lowest BCUT2D eigenvalue weighted by molar-refractivity contribution is 0.410. The number of methoxy groups -OCH3 is 1. The predicted octanol–water partition coefficient (Wildman–Crippen LogP) is 3.27. The van der Waals surface area contributed by atoms with Crippen LogP contribution in [0.4, 0.5) is 0 Å². The van der Waals surface area contributed by atoms with Crippen LogP contribution >= 0.6 is 0 Å². The maximum Gasteiger partial charge on any atom is 0.122 e. The van der Waals surface area contributed by atoms with Gasteiger partial charge in [-0.05, 0) is 23.3 Å². The highest BCUT2D eigenvalue weighted by atomic mass is 16.5. The lowest BCUT2D eigenvalue weighted by atomic mass is 9.99. The van der Waals surface area contributed by atoms with Crippen LogP contribution in [0.2, 0.25) is 0 Å². The summed E-state index contributed by atoms with van der Waals surface area (Å²) in [5, 5.41) is 0. The van der Waals surface area contributed by atoms with Crippen molar-refractivity contribution in [1.29, 1.82) is 0 Å². The van der Waals surface area contributed by atoms with Gasteiger partial charge in [0.1, 0.15) is 5.75 Å². The second-order valence-corrected chi connectivity index (χ2v) is 3.79. The SMILES string of the molecule is C#Cc1ccccc1Cc1ccccc1OC. The first-order valence-electron chi connectivity index (χ1n) is 5.51. The Labute approximate surface area is 102 Å². The molecule has 84 valence electrons. The van der Waals surface area contributed by atoms with E-state index in [1.165, 1.54) is 0 Å². The fourth-order valence-corrected chi connectivity index (χ4v) is 1.87. The van der Waals surface area contributed by atoms with Gasteiger partial charge >= 0.3 is 0 Å². The Morgan fingerprint density at radius 3 is 2.35 bits per heavy atom. The Morgan fingerprint density at radius 1 is 1.00 bits per heavy atom. The first kappa shape index (κ1) is 11.3. The van der Waals surface area contributed by atoms with E-state index in [2.05, 4.69) is 18.1 Å². The number of hydrogen-bond donors (Lipinski definition) is 0. The molecule has 0 fully saturated rings.